The molecule has 0 aromatic heterocycles. The topological polar surface area (TPSA) is 44.5 Å². The van der Waals surface area contributed by atoms with Gasteiger partial charge in [-0.15, -0.1) is 0 Å². The van der Waals surface area contributed by atoms with Crippen molar-refractivity contribution in [1.29, 1.82) is 0 Å². The highest BCUT2D eigenvalue weighted by Gasteiger charge is 2.20. The first-order valence-electron chi connectivity index (χ1n) is 4.96. The van der Waals surface area contributed by atoms with Gasteiger partial charge in [0, 0.05) is 5.56 Å². The van der Waals surface area contributed by atoms with Crippen LogP contribution in [-0.2, 0) is 9.47 Å². The Morgan fingerprint density at radius 2 is 2.20 bits per heavy atom. The second-order valence-corrected chi connectivity index (χ2v) is 3.62. The van der Waals surface area contributed by atoms with Crippen molar-refractivity contribution in [3.8, 4) is 0 Å². The summed E-state index contributed by atoms with van der Waals surface area (Å²) < 4.78 is 23.7. The Hall–Kier alpha value is -0.970. The van der Waals surface area contributed by atoms with Crippen LogP contribution in [0.15, 0.2) is 24.3 Å². The average molecular weight is 211 g/mol. The molecule has 0 bridgehead atoms. The van der Waals surface area contributed by atoms with Crippen molar-refractivity contribution < 1.29 is 13.9 Å². The summed E-state index contributed by atoms with van der Waals surface area (Å²) in [5, 5.41) is 0. The van der Waals surface area contributed by atoms with E-state index < -0.39 is 6.04 Å². The first kappa shape index (κ1) is 10.5. The van der Waals surface area contributed by atoms with Crippen LogP contribution in [0.3, 0.4) is 0 Å². The van der Waals surface area contributed by atoms with Gasteiger partial charge in [0.15, 0.2) is 0 Å². The Balaban J connectivity index is 1.89. The van der Waals surface area contributed by atoms with Crippen LogP contribution in [0.1, 0.15) is 11.6 Å². The molecule has 1 aromatic carbocycles. The van der Waals surface area contributed by atoms with Crippen molar-refractivity contribution >= 4 is 0 Å². The minimum Gasteiger partial charge on any atom is -0.376 e. The number of rotatable bonds is 4. The van der Waals surface area contributed by atoms with E-state index in [0.717, 1.165) is 0 Å². The minimum atomic E-state index is -0.410. The van der Waals surface area contributed by atoms with Crippen molar-refractivity contribution in [2.24, 2.45) is 5.73 Å². The molecular weight excluding hydrogens is 197 g/mol. The number of ether oxygens (including phenoxy) is 2. The third kappa shape index (κ3) is 2.53. The monoisotopic (exact) mass is 211 g/mol. The lowest BCUT2D eigenvalue weighted by molar-refractivity contribution is -0.132. The molecule has 1 atom stereocenters. The maximum absolute atomic E-state index is 13.3. The molecule has 0 saturated carbocycles. The van der Waals surface area contributed by atoms with E-state index in [1.807, 2.05) is 0 Å². The van der Waals surface area contributed by atoms with Crippen LogP contribution in [0.25, 0.3) is 0 Å². The van der Waals surface area contributed by atoms with Gasteiger partial charge in [-0.3, -0.25) is 0 Å². The molecule has 82 valence electrons. The molecule has 1 aliphatic rings. The van der Waals surface area contributed by atoms with Crippen LogP contribution >= 0.6 is 0 Å². The Kier molecular flexibility index (Phi) is 3.30. The summed E-state index contributed by atoms with van der Waals surface area (Å²) in [5.74, 6) is -0.279. The van der Waals surface area contributed by atoms with Gasteiger partial charge in [-0.25, -0.2) is 4.39 Å². The fourth-order valence-electron chi connectivity index (χ4n) is 1.42. The van der Waals surface area contributed by atoms with Crippen molar-refractivity contribution in [1.82, 2.24) is 0 Å². The number of hydrogen-bond donors (Lipinski definition) is 1. The number of hydrogen-bond acceptors (Lipinski definition) is 3. The van der Waals surface area contributed by atoms with Crippen molar-refractivity contribution in [2.75, 3.05) is 19.8 Å². The van der Waals surface area contributed by atoms with Gasteiger partial charge in [0.05, 0.1) is 25.9 Å². The van der Waals surface area contributed by atoms with Crippen LogP contribution in [0.2, 0.25) is 0 Å². The summed E-state index contributed by atoms with van der Waals surface area (Å²) in [5.41, 5.74) is 6.32. The van der Waals surface area contributed by atoms with Gasteiger partial charge in [-0.05, 0) is 6.07 Å². The highest BCUT2D eigenvalue weighted by atomic mass is 19.1. The Bertz CT molecular complexity index is 328. The highest BCUT2D eigenvalue weighted by Crippen LogP contribution is 2.16. The summed E-state index contributed by atoms with van der Waals surface area (Å²) in [6.07, 6.45) is 0.128. The molecule has 2 N–H and O–H groups in total. The zero-order chi connectivity index (χ0) is 10.7. The van der Waals surface area contributed by atoms with Crippen molar-refractivity contribution in [3.63, 3.8) is 0 Å². The van der Waals surface area contributed by atoms with E-state index in [0.29, 0.717) is 25.4 Å². The standard InChI is InChI=1S/C11H14FNO2/c12-10-4-2-1-3-9(10)11(13)7-15-8-5-14-6-8/h1-4,8,11H,5-7,13H2. The molecular formula is C11H14FNO2. The largest absolute Gasteiger partial charge is 0.376 e. The lowest BCUT2D eigenvalue weighted by atomic mass is 10.1. The second kappa shape index (κ2) is 4.70. The van der Waals surface area contributed by atoms with Crippen LogP contribution in [0.4, 0.5) is 4.39 Å². The lowest BCUT2D eigenvalue weighted by Crippen LogP contribution is -2.37. The molecule has 1 aromatic rings. The molecule has 4 heteroatoms. The predicted octanol–water partition coefficient (Wildman–Crippen LogP) is 1.24. The Morgan fingerprint density at radius 1 is 1.47 bits per heavy atom. The van der Waals surface area contributed by atoms with E-state index in [1.54, 1.807) is 18.2 Å². The second-order valence-electron chi connectivity index (χ2n) is 3.62. The van der Waals surface area contributed by atoms with E-state index in [2.05, 4.69) is 0 Å². The fourth-order valence-corrected chi connectivity index (χ4v) is 1.42. The van der Waals surface area contributed by atoms with Gasteiger partial charge in [0.2, 0.25) is 0 Å². The normalized spacial score (nSPS) is 18.5. The molecule has 1 unspecified atom stereocenters. The number of nitrogens with two attached hydrogens (primary N) is 1. The molecule has 0 amide bonds. The molecule has 1 aliphatic heterocycles. The summed E-state index contributed by atoms with van der Waals surface area (Å²) in [7, 11) is 0. The molecule has 0 aliphatic carbocycles. The Labute approximate surface area is 88.0 Å². The van der Waals surface area contributed by atoms with Crippen LogP contribution < -0.4 is 5.73 Å². The third-order valence-electron chi connectivity index (χ3n) is 2.42. The van der Waals surface area contributed by atoms with Gasteiger partial charge in [0.1, 0.15) is 11.9 Å². The van der Waals surface area contributed by atoms with Crippen molar-refractivity contribution in [2.45, 2.75) is 12.1 Å². The van der Waals surface area contributed by atoms with Gasteiger partial charge in [-0.2, -0.15) is 0 Å². The lowest BCUT2D eigenvalue weighted by Gasteiger charge is -2.27. The van der Waals surface area contributed by atoms with E-state index in [4.69, 9.17) is 15.2 Å². The van der Waals surface area contributed by atoms with E-state index in [-0.39, 0.29) is 11.9 Å². The smallest absolute Gasteiger partial charge is 0.128 e. The average Bonchev–Trinajstić information content (AvgIpc) is 2.16. The first-order valence-corrected chi connectivity index (χ1v) is 4.96. The number of halogens is 1. The van der Waals surface area contributed by atoms with E-state index in [9.17, 15) is 4.39 Å². The Morgan fingerprint density at radius 3 is 2.80 bits per heavy atom. The SMILES string of the molecule is NC(COC1COC1)c1ccccc1F. The van der Waals surface area contributed by atoms with E-state index in [1.165, 1.54) is 6.07 Å². The molecule has 15 heavy (non-hydrogen) atoms. The number of benzene rings is 1. The summed E-state index contributed by atoms with van der Waals surface area (Å²) >= 11 is 0. The zero-order valence-corrected chi connectivity index (χ0v) is 8.36. The predicted molar refractivity (Wildman–Crippen MR) is 53.9 cm³/mol. The van der Waals surface area contributed by atoms with Crippen molar-refractivity contribution in [3.05, 3.63) is 35.6 Å². The van der Waals surface area contributed by atoms with Gasteiger partial charge in [0.25, 0.3) is 0 Å². The molecule has 1 fully saturated rings. The molecule has 0 spiro atoms. The molecule has 0 radical (unpaired) electrons. The van der Waals surface area contributed by atoms with Gasteiger partial charge >= 0.3 is 0 Å². The fraction of sp³-hybridized carbons (Fsp3) is 0.455. The van der Waals surface area contributed by atoms with Crippen LogP contribution in [0, 0.1) is 5.82 Å². The summed E-state index contributed by atoms with van der Waals surface area (Å²) in [6.45, 7) is 1.56. The molecule has 3 nitrogen and oxygen atoms in total. The third-order valence-corrected chi connectivity index (χ3v) is 2.42. The van der Waals surface area contributed by atoms with Crippen LogP contribution in [0.5, 0.6) is 0 Å². The maximum atomic E-state index is 13.3. The minimum absolute atomic E-state index is 0.128. The summed E-state index contributed by atoms with van der Waals surface area (Å²) in [4.78, 5) is 0. The van der Waals surface area contributed by atoms with Gasteiger partial charge < -0.3 is 15.2 Å². The first-order chi connectivity index (χ1) is 7.27. The molecule has 2 rings (SSSR count). The quantitative estimate of drug-likeness (QED) is 0.815. The maximum Gasteiger partial charge on any atom is 0.128 e. The zero-order valence-electron chi connectivity index (χ0n) is 8.36. The molecule has 1 saturated heterocycles. The van der Waals surface area contributed by atoms with E-state index >= 15 is 0 Å². The molecule has 1 heterocycles. The van der Waals surface area contributed by atoms with Crippen LogP contribution in [-0.4, -0.2) is 25.9 Å². The van der Waals surface area contributed by atoms with Gasteiger partial charge in [-0.1, -0.05) is 18.2 Å². The summed E-state index contributed by atoms with van der Waals surface area (Å²) in [6, 6.07) is 6.09. The highest BCUT2D eigenvalue weighted by molar-refractivity contribution is 5.20.